The number of halogens is 2. The van der Waals surface area contributed by atoms with Crippen molar-refractivity contribution in [2.75, 3.05) is 7.11 Å². The van der Waals surface area contributed by atoms with Crippen LogP contribution in [0.5, 0.6) is 11.5 Å². The predicted molar refractivity (Wildman–Crippen MR) is 64.5 cm³/mol. The van der Waals surface area contributed by atoms with Gasteiger partial charge in [-0.2, -0.15) is 0 Å². The van der Waals surface area contributed by atoms with Crippen molar-refractivity contribution >= 4 is 37.8 Å². The topological polar surface area (TPSA) is 44.8 Å². The van der Waals surface area contributed by atoms with Crippen LogP contribution in [0.1, 0.15) is 10.4 Å². The SMILES string of the molecule is COC(=O)c1ccc2c(c1)OC(Br)C(Br)O2. The highest BCUT2D eigenvalue weighted by molar-refractivity contribution is 9.12. The highest BCUT2D eigenvalue weighted by Crippen LogP contribution is 2.37. The van der Waals surface area contributed by atoms with E-state index in [1.54, 1.807) is 18.2 Å². The number of hydrogen-bond acceptors (Lipinski definition) is 4. The van der Waals surface area contributed by atoms with Gasteiger partial charge in [-0.25, -0.2) is 4.79 Å². The maximum Gasteiger partial charge on any atom is 0.337 e. The lowest BCUT2D eigenvalue weighted by Crippen LogP contribution is -2.30. The first-order chi connectivity index (χ1) is 7.61. The number of rotatable bonds is 1. The van der Waals surface area contributed by atoms with Crippen molar-refractivity contribution in [2.45, 2.75) is 10.0 Å². The van der Waals surface area contributed by atoms with Crippen molar-refractivity contribution < 1.29 is 19.0 Å². The first-order valence-corrected chi connectivity index (χ1v) is 6.29. The molecule has 86 valence electrons. The molecule has 1 heterocycles. The Morgan fingerprint density at radius 3 is 2.50 bits per heavy atom. The van der Waals surface area contributed by atoms with Gasteiger partial charge in [0.05, 0.1) is 12.7 Å². The summed E-state index contributed by atoms with van der Waals surface area (Å²) in [5, 5.41) is -0.558. The van der Waals surface area contributed by atoms with E-state index in [4.69, 9.17) is 9.47 Å². The van der Waals surface area contributed by atoms with Gasteiger partial charge in [0.1, 0.15) is 0 Å². The van der Waals surface area contributed by atoms with E-state index in [0.717, 1.165) is 0 Å². The molecular formula is C10H8Br2O4. The van der Waals surface area contributed by atoms with Crippen LogP contribution in [0.2, 0.25) is 0 Å². The molecule has 0 fully saturated rings. The molecule has 2 unspecified atom stereocenters. The highest BCUT2D eigenvalue weighted by Gasteiger charge is 2.27. The predicted octanol–water partition coefficient (Wildman–Crippen LogP) is 2.69. The maximum atomic E-state index is 11.3. The molecule has 1 aromatic carbocycles. The van der Waals surface area contributed by atoms with Gasteiger partial charge >= 0.3 is 5.97 Å². The van der Waals surface area contributed by atoms with E-state index in [9.17, 15) is 4.79 Å². The summed E-state index contributed by atoms with van der Waals surface area (Å²) in [7, 11) is 1.33. The molecule has 0 aromatic heterocycles. The molecule has 1 aliphatic rings. The van der Waals surface area contributed by atoms with Gasteiger partial charge < -0.3 is 14.2 Å². The van der Waals surface area contributed by atoms with Gasteiger partial charge in [0.2, 0.25) is 0 Å². The van der Waals surface area contributed by atoms with Gasteiger partial charge in [0.15, 0.2) is 21.5 Å². The smallest absolute Gasteiger partial charge is 0.337 e. The third-order valence-corrected chi connectivity index (χ3v) is 4.09. The Morgan fingerprint density at radius 2 is 1.88 bits per heavy atom. The van der Waals surface area contributed by atoms with Crippen LogP contribution in [0.15, 0.2) is 18.2 Å². The number of hydrogen-bond donors (Lipinski definition) is 0. The molecule has 0 N–H and O–H groups in total. The fraction of sp³-hybridized carbons (Fsp3) is 0.300. The van der Waals surface area contributed by atoms with Crippen LogP contribution in [0.3, 0.4) is 0 Å². The minimum Gasteiger partial charge on any atom is -0.470 e. The third kappa shape index (κ3) is 2.17. The van der Waals surface area contributed by atoms with Crippen LogP contribution in [0.4, 0.5) is 0 Å². The van der Waals surface area contributed by atoms with Crippen LogP contribution in [0, 0.1) is 0 Å². The van der Waals surface area contributed by atoms with E-state index in [0.29, 0.717) is 17.1 Å². The lowest BCUT2D eigenvalue weighted by Gasteiger charge is -2.27. The molecule has 0 aliphatic carbocycles. The first-order valence-electron chi connectivity index (χ1n) is 4.45. The Hall–Kier alpha value is -0.750. The fourth-order valence-corrected chi connectivity index (χ4v) is 1.91. The number of alkyl halides is 2. The zero-order chi connectivity index (χ0) is 11.7. The largest absolute Gasteiger partial charge is 0.470 e. The average molecular weight is 352 g/mol. The van der Waals surface area contributed by atoms with E-state index in [2.05, 4.69) is 36.6 Å². The number of ether oxygens (including phenoxy) is 3. The van der Waals surface area contributed by atoms with Crippen molar-refractivity contribution in [3.8, 4) is 11.5 Å². The number of esters is 1. The second-order valence-electron chi connectivity index (χ2n) is 3.09. The van der Waals surface area contributed by atoms with E-state index >= 15 is 0 Å². The van der Waals surface area contributed by atoms with Crippen molar-refractivity contribution in [3.63, 3.8) is 0 Å². The van der Waals surface area contributed by atoms with E-state index < -0.39 is 5.97 Å². The lowest BCUT2D eigenvalue weighted by molar-refractivity contribution is 0.0599. The van der Waals surface area contributed by atoms with Gasteiger partial charge in [-0.15, -0.1) is 0 Å². The summed E-state index contributed by atoms with van der Waals surface area (Å²) in [6.45, 7) is 0. The Bertz CT molecular complexity index is 421. The summed E-state index contributed by atoms with van der Waals surface area (Å²) in [6.07, 6.45) is 0. The summed E-state index contributed by atoms with van der Waals surface area (Å²) in [5.74, 6) is 0.698. The van der Waals surface area contributed by atoms with Crippen molar-refractivity contribution in [2.24, 2.45) is 0 Å². The van der Waals surface area contributed by atoms with Gasteiger partial charge in [0.25, 0.3) is 0 Å². The molecule has 2 rings (SSSR count). The van der Waals surface area contributed by atoms with E-state index in [1.807, 2.05) is 0 Å². The highest BCUT2D eigenvalue weighted by atomic mass is 79.9. The van der Waals surface area contributed by atoms with E-state index in [1.165, 1.54) is 7.11 Å². The summed E-state index contributed by atoms with van der Waals surface area (Å²) in [5.41, 5.74) is 0.428. The van der Waals surface area contributed by atoms with Crippen molar-refractivity contribution in [1.82, 2.24) is 0 Å². The van der Waals surface area contributed by atoms with Gasteiger partial charge in [-0.3, -0.25) is 0 Å². The molecule has 1 aliphatic heterocycles. The molecule has 0 radical (unpaired) electrons. The maximum absolute atomic E-state index is 11.3. The quantitative estimate of drug-likeness (QED) is 0.576. The molecule has 0 amide bonds. The zero-order valence-electron chi connectivity index (χ0n) is 8.28. The first kappa shape index (κ1) is 11.7. The normalized spacial score (nSPS) is 22.7. The molecule has 4 nitrogen and oxygen atoms in total. The van der Waals surface area contributed by atoms with Crippen LogP contribution in [-0.2, 0) is 4.74 Å². The summed E-state index contributed by atoms with van der Waals surface area (Å²) in [6, 6.07) is 4.89. The summed E-state index contributed by atoms with van der Waals surface area (Å²) in [4.78, 5) is 11.3. The van der Waals surface area contributed by atoms with Crippen LogP contribution in [0.25, 0.3) is 0 Å². The Morgan fingerprint density at radius 1 is 1.25 bits per heavy atom. The van der Waals surface area contributed by atoms with E-state index in [-0.39, 0.29) is 10.0 Å². The van der Waals surface area contributed by atoms with Crippen LogP contribution in [-0.4, -0.2) is 23.1 Å². The summed E-state index contributed by atoms with van der Waals surface area (Å²) < 4.78 is 15.6. The molecule has 2 atom stereocenters. The summed E-state index contributed by atoms with van der Waals surface area (Å²) >= 11 is 6.59. The van der Waals surface area contributed by atoms with Crippen molar-refractivity contribution in [1.29, 1.82) is 0 Å². The number of benzene rings is 1. The second kappa shape index (κ2) is 4.63. The molecule has 0 saturated carbocycles. The van der Waals surface area contributed by atoms with Crippen LogP contribution < -0.4 is 9.47 Å². The number of fused-ring (bicyclic) bond motifs is 1. The van der Waals surface area contributed by atoms with Crippen molar-refractivity contribution in [3.05, 3.63) is 23.8 Å². The Labute approximate surface area is 109 Å². The average Bonchev–Trinajstić information content (AvgIpc) is 2.29. The Kier molecular flexibility index (Phi) is 3.39. The van der Waals surface area contributed by atoms with Crippen LogP contribution >= 0.6 is 31.9 Å². The Balaban J connectivity index is 2.32. The van der Waals surface area contributed by atoms with Gasteiger partial charge in [-0.05, 0) is 50.1 Å². The second-order valence-corrected chi connectivity index (χ2v) is 4.90. The molecule has 0 bridgehead atoms. The minimum absolute atomic E-state index is 0.260. The molecule has 16 heavy (non-hydrogen) atoms. The number of carbonyl (C=O) groups is 1. The molecule has 6 heteroatoms. The molecular weight excluding hydrogens is 344 g/mol. The lowest BCUT2D eigenvalue weighted by atomic mass is 10.2. The number of carbonyl (C=O) groups excluding carboxylic acids is 1. The minimum atomic E-state index is -0.404. The monoisotopic (exact) mass is 350 g/mol. The molecule has 0 saturated heterocycles. The molecule has 0 spiro atoms. The van der Waals surface area contributed by atoms with Gasteiger partial charge in [0, 0.05) is 0 Å². The zero-order valence-corrected chi connectivity index (χ0v) is 11.4. The standard InChI is InChI=1S/C10H8Br2O4/c1-14-10(13)5-2-3-6-7(4-5)16-9(12)8(11)15-6/h2-4,8-9H,1H3. The number of methoxy groups -OCH3 is 1. The van der Waals surface area contributed by atoms with Gasteiger partial charge in [-0.1, -0.05) is 0 Å². The third-order valence-electron chi connectivity index (χ3n) is 2.05. The fourth-order valence-electron chi connectivity index (χ4n) is 1.29. The molecule has 1 aromatic rings.